The van der Waals surface area contributed by atoms with E-state index in [1.54, 1.807) is 0 Å². The lowest BCUT2D eigenvalue weighted by Gasteiger charge is -2.06. The summed E-state index contributed by atoms with van der Waals surface area (Å²) >= 11 is 0. The monoisotopic (exact) mass is 216 g/mol. The van der Waals surface area contributed by atoms with Gasteiger partial charge < -0.3 is 4.42 Å². The van der Waals surface area contributed by atoms with Crippen LogP contribution >= 0.6 is 0 Å². The number of ketones is 1. The second-order valence-corrected chi connectivity index (χ2v) is 4.54. The molecule has 2 rings (SSSR count). The summed E-state index contributed by atoms with van der Waals surface area (Å²) in [6.45, 7) is 7.81. The van der Waals surface area contributed by atoms with Crippen LogP contribution in [0.2, 0.25) is 0 Å². The maximum Gasteiger partial charge on any atom is 0.194 e. The van der Waals surface area contributed by atoms with Crippen LogP contribution in [0.15, 0.2) is 22.6 Å². The number of rotatable bonds is 2. The first kappa shape index (κ1) is 10.9. The topological polar surface area (TPSA) is 30.2 Å². The van der Waals surface area contributed by atoms with Crippen LogP contribution in [0.25, 0.3) is 11.0 Å². The van der Waals surface area contributed by atoms with Crippen molar-refractivity contribution in [3.05, 3.63) is 35.1 Å². The molecule has 1 aromatic carbocycles. The molecule has 0 radical (unpaired) electrons. The van der Waals surface area contributed by atoms with E-state index in [0.29, 0.717) is 11.7 Å². The van der Waals surface area contributed by atoms with E-state index in [9.17, 15) is 4.79 Å². The summed E-state index contributed by atoms with van der Waals surface area (Å²) in [6, 6.07) is 6.01. The van der Waals surface area contributed by atoms with Crippen molar-refractivity contribution in [3.8, 4) is 0 Å². The highest BCUT2D eigenvalue weighted by Crippen LogP contribution is 2.30. The van der Waals surface area contributed by atoms with Gasteiger partial charge in [0.1, 0.15) is 5.58 Å². The number of aryl methyl sites for hydroxylation is 1. The highest BCUT2D eigenvalue weighted by Gasteiger charge is 2.14. The molecule has 2 aromatic rings. The third-order valence-corrected chi connectivity index (χ3v) is 2.90. The molecule has 0 N–H and O–H groups in total. The van der Waals surface area contributed by atoms with Crippen LogP contribution in [0.5, 0.6) is 0 Å². The molecule has 0 bridgehead atoms. The number of fused-ring (bicyclic) bond motifs is 1. The van der Waals surface area contributed by atoms with Gasteiger partial charge in [0.25, 0.3) is 0 Å². The average Bonchev–Trinajstić information content (AvgIpc) is 2.62. The van der Waals surface area contributed by atoms with Gasteiger partial charge in [0.05, 0.1) is 0 Å². The van der Waals surface area contributed by atoms with Gasteiger partial charge in [-0.05, 0) is 30.0 Å². The summed E-state index contributed by atoms with van der Waals surface area (Å²) in [7, 11) is 0. The van der Waals surface area contributed by atoms with Crippen LogP contribution in [0.4, 0.5) is 0 Å². The fraction of sp³-hybridized carbons (Fsp3) is 0.357. The van der Waals surface area contributed by atoms with Gasteiger partial charge >= 0.3 is 0 Å². The Morgan fingerprint density at radius 1 is 1.31 bits per heavy atom. The van der Waals surface area contributed by atoms with E-state index in [2.05, 4.69) is 26.0 Å². The van der Waals surface area contributed by atoms with Crippen molar-refractivity contribution in [1.82, 2.24) is 0 Å². The van der Waals surface area contributed by atoms with Crippen molar-refractivity contribution < 1.29 is 9.21 Å². The number of Topliss-reactive ketones (excluding diaryl/α,β-unsaturated/α-hetero) is 1. The van der Waals surface area contributed by atoms with Gasteiger partial charge in [-0.15, -0.1) is 0 Å². The van der Waals surface area contributed by atoms with Gasteiger partial charge in [0.2, 0.25) is 0 Å². The zero-order valence-electron chi connectivity index (χ0n) is 10.1. The van der Waals surface area contributed by atoms with E-state index in [0.717, 1.165) is 22.1 Å². The van der Waals surface area contributed by atoms with Gasteiger partial charge in [-0.1, -0.05) is 26.0 Å². The molecule has 0 spiro atoms. The molecule has 0 atom stereocenters. The molecule has 0 saturated carbocycles. The summed E-state index contributed by atoms with van der Waals surface area (Å²) in [5.74, 6) is 0.825. The Morgan fingerprint density at radius 2 is 2.00 bits per heavy atom. The van der Waals surface area contributed by atoms with Crippen LogP contribution in [-0.4, -0.2) is 5.78 Å². The molecule has 0 aliphatic carbocycles. The van der Waals surface area contributed by atoms with Gasteiger partial charge in [-0.2, -0.15) is 0 Å². The highest BCUT2D eigenvalue weighted by molar-refractivity contribution is 5.97. The van der Waals surface area contributed by atoms with E-state index in [1.807, 2.05) is 13.0 Å². The minimum absolute atomic E-state index is 0.0229. The van der Waals surface area contributed by atoms with E-state index in [-0.39, 0.29) is 5.78 Å². The first-order valence-corrected chi connectivity index (χ1v) is 5.54. The van der Waals surface area contributed by atoms with Gasteiger partial charge in [0, 0.05) is 12.3 Å². The van der Waals surface area contributed by atoms with E-state index >= 15 is 0 Å². The summed E-state index contributed by atoms with van der Waals surface area (Å²) in [5.41, 5.74) is 3.17. The predicted molar refractivity (Wildman–Crippen MR) is 65.0 cm³/mol. The SMILES string of the molecule is CC(=O)c1cc2c(C)ccc(C(C)C)c2o1. The number of benzene rings is 1. The fourth-order valence-electron chi connectivity index (χ4n) is 1.91. The van der Waals surface area contributed by atoms with Crippen LogP contribution in [0, 0.1) is 6.92 Å². The molecule has 84 valence electrons. The van der Waals surface area contributed by atoms with Crippen molar-refractivity contribution in [1.29, 1.82) is 0 Å². The number of furan rings is 1. The van der Waals surface area contributed by atoms with Crippen molar-refractivity contribution >= 4 is 16.8 Å². The van der Waals surface area contributed by atoms with Crippen molar-refractivity contribution in [3.63, 3.8) is 0 Å². The van der Waals surface area contributed by atoms with Crippen LogP contribution in [0.1, 0.15) is 48.4 Å². The second kappa shape index (κ2) is 3.78. The van der Waals surface area contributed by atoms with Gasteiger partial charge in [-0.3, -0.25) is 4.79 Å². The average molecular weight is 216 g/mol. The number of carbonyl (C=O) groups excluding carboxylic acids is 1. The molecule has 0 unspecified atom stereocenters. The summed E-state index contributed by atoms with van der Waals surface area (Å²) < 4.78 is 5.65. The zero-order valence-corrected chi connectivity index (χ0v) is 10.1. The minimum Gasteiger partial charge on any atom is -0.453 e. The Morgan fingerprint density at radius 3 is 2.56 bits per heavy atom. The molecule has 0 saturated heterocycles. The lowest BCUT2D eigenvalue weighted by molar-refractivity contribution is 0.0989. The van der Waals surface area contributed by atoms with Crippen LogP contribution in [-0.2, 0) is 0 Å². The number of carbonyl (C=O) groups is 1. The van der Waals surface area contributed by atoms with Gasteiger partial charge in [-0.25, -0.2) is 0 Å². The molecule has 0 aliphatic rings. The summed E-state index contributed by atoms with van der Waals surface area (Å²) in [4.78, 5) is 11.3. The maximum absolute atomic E-state index is 11.3. The third-order valence-electron chi connectivity index (χ3n) is 2.90. The Hall–Kier alpha value is -1.57. The molecule has 2 heteroatoms. The van der Waals surface area contributed by atoms with E-state index in [1.165, 1.54) is 6.92 Å². The Kier molecular flexibility index (Phi) is 2.58. The molecule has 0 fully saturated rings. The zero-order chi connectivity index (χ0) is 11.9. The Labute approximate surface area is 95.3 Å². The maximum atomic E-state index is 11.3. The first-order chi connectivity index (χ1) is 7.50. The minimum atomic E-state index is -0.0229. The molecule has 1 aromatic heterocycles. The van der Waals surface area contributed by atoms with Crippen LogP contribution in [0.3, 0.4) is 0 Å². The quantitative estimate of drug-likeness (QED) is 0.708. The molecular weight excluding hydrogens is 200 g/mol. The smallest absolute Gasteiger partial charge is 0.194 e. The Balaban J connectivity index is 2.77. The lowest BCUT2D eigenvalue weighted by atomic mass is 9.99. The molecular formula is C14H16O2. The molecule has 0 amide bonds. The predicted octanol–water partition coefficient (Wildman–Crippen LogP) is 4.07. The molecule has 1 heterocycles. The van der Waals surface area contributed by atoms with Crippen molar-refractivity contribution in [2.24, 2.45) is 0 Å². The standard InChI is InChI=1S/C14H16O2/c1-8(2)11-6-5-9(3)12-7-13(10(4)15)16-14(11)12/h5-8H,1-4H3. The molecule has 16 heavy (non-hydrogen) atoms. The normalized spacial score (nSPS) is 11.3. The second-order valence-electron chi connectivity index (χ2n) is 4.54. The van der Waals surface area contributed by atoms with Crippen molar-refractivity contribution in [2.75, 3.05) is 0 Å². The lowest BCUT2D eigenvalue weighted by Crippen LogP contribution is -1.88. The summed E-state index contributed by atoms with van der Waals surface area (Å²) in [5, 5.41) is 1.05. The molecule has 0 aliphatic heterocycles. The van der Waals surface area contributed by atoms with E-state index < -0.39 is 0 Å². The third kappa shape index (κ3) is 1.64. The first-order valence-electron chi connectivity index (χ1n) is 5.54. The highest BCUT2D eigenvalue weighted by atomic mass is 16.3. The largest absolute Gasteiger partial charge is 0.453 e. The number of hydrogen-bond acceptors (Lipinski definition) is 2. The van der Waals surface area contributed by atoms with E-state index in [4.69, 9.17) is 4.42 Å². The Bertz CT molecular complexity index is 547. The summed E-state index contributed by atoms with van der Waals surface area (Å²) in [6.07, 6.45) is 0. The number of hydrogen-bond donors (Lipinski definition) is 0. The van der Waals surface area contributed by atoms with Gasteiger partial charge in [0.15, 0.2) is 11.5 Å². The fourth-order valence-corrected chi connectivity index (χ4v) is 1.91. The van der Waals surface area contributed by atoms with Crippen LogP contribution < -0.4 is 0 Å². The van der Waals surface area contributed by atoms with Crippen molar-refractivity contribution in [2.45, 2.75) is 33.6 Å². The molecule has 2 nitrogen and oxygen atoms in total.